The van der Waals surface area contributed by atoms with Crippen LogP contribution in [0.4, 0.5) is 4.39 Å². The Balaban J connectivity index is 0.00000363. The average Bonchev–Trinajstić information content (AvgIpc) is 2.78. The van der Waals surface area contributed by atoms with E-state index in [9.17, 15) is 9.18 Å². The minimum Gasteiger partial charge on any atom is -0.489 e. The molecule has 1 atom stereocenters. The molecule has 3 rings (SSSR count). The maximum absolute atomic E-state index is 13.3. The first-order valence-corrected chi connectivity index (χ1v) is 11.1. The van der Waals surface area contributed by atoms with Gasteiger partial charge in [0.2, 0.25) is 5.91 Å². The molecule has 0 bridgehead atoms. The van der Waals surface area contributed by atoms with Crippen molar-refractivity contribution in [2.45, 2.75) is 20.0 Å². The number of hydrogen-bond donors (Lipinski definition) is 1. The second-order valence-corrected chi connectivity index (χ2v) is 7.84. The predicted octanol–water partition coefficient (Wildman–Crippen LogP) is 1.65. The van der Waals surface area contributed by atoms with Gasteiger partial charge in [0.15, 0.2) is 5.96 Å². The number of halogens is 2. The van der Waals surface area contributed by atoms with Crippen molar-refractivity contribution < 1.29 is 18.7 Å². The number of nitrogens with zero attached hydrogens (tertiary/aromatic N) is 4. The van der Waals surface area contributed by atoms with Crippen LogP contribution in [-0.4, -0.2) is 105 Å². The molecule has 1 unspecified atom stereocenters. The third-order valence-corrected chi connectivity index (χ3v) is 5.36. The van der Waals surface area contributed by atoms with Crippen molar-refractivity contribution in [3.8, 4) is 5.75 Å². The predicted molar refractivity (Wildman–Crippen MR) is 133 cm³/mol. The van der Waals surface area contributed by atoms with Crippen molar-refractivity contribution in [1.29, 1.82) is 0 Å². The van der Waals surface area contributed by atoms with Crippen LogP contribution in [0.3, 0.4) is 0 Å². The van der Waals surface area contributed by atoms with Crippen molar-refractivity contribution in [1.82, 2.24) is 20.0 Å². The van der Waals surface area contributed by atoms with E-state index < -0.39 is 0 Å². The normalized spacial score (nSPS) is 18.7. The molecule has 1 aromatic rings. The lowest BCUT2D eigenvalue weighted by Gasteiger charge is -2.37. The highest BCUT2D eigenvalue weighted by Gasteiger charge is 2.24. The first-order valence-electron chi connectivity index (χ1n) is 11.1. The van der Waals surface area contributed by atoms with Crippen molar-refractivity contribution >= 4 is 35.8 Å². The zero-order chi connectivity index (χ0) is 22.1. The van der Waals surface area contributed by atoms with Gasteiger partial charge in [0.25, 0.3) is 0 Å². The summed E-state index contributed by atoms with van der Waals surface area (Å²) in [5, 5.41) is 3.34. The van der Waals surface area contributed by atoms with Gasteiger partial charge in [-0.05, 0) is 26.0 Å². The Hall–Kier alpha value is -1.66. The van der Waals surface area contributed by atoms with Gasteiger partial charge in [-0.2, -0.15) is 0 Å². The lowest BCUT2D eigenvalue weighted by atomic mass is 10.3. The first-order chi connectivity index (χ1) is 15.0. The monoisotopic (exact) mass is 563 g/mol. The van der Waals surface area contributed by atoms with Crippen LogP contribution in [0.25, 0.3) is 0 Å². The molecule has 8 nitrogen and oxygen atoms in total. The quantitative estimate of drug-likeness (QED) is 0.309. The summed E-state index contributed by atoms with van der Waals surface area (Å²) in [6, 6.07) is 6.15. The largest absolute Gasteiger partial charge is 0.489 e. The number of carbonyl (C=O) groups is 1. The van der Waals surface area contributed by atoms with Crippen molar-refractivity contribution in [3.05, 3.63) is 30.1 Å². The number of piperazine rings is 1. The number of guanidine groups is 1. The Labute approximate surface area is 207 Å². The topological polar surface area (TPSA) is 69.6 Å². The number of morpholine rings is 1. The third-order valence-electron chi connectivity index (χ3n) is 5.36. The van der Waals surface area contributed by atoms with Crippen LogP contribution in [0, 0.1) is 5.82 Å². The average molecular weight is 563 g/mol. The highest BCUT2D eigenvalue weighted by atomic mass is 127. The van der Waals surface area contributed by atoms with Crippen LogP contribution < -0.4 is 10.1 Å². The van der Waals surface area contributed by atoms with E-state index in [0.29, 0.717) is 45.1 Å². The van der Waals surface area contributed by atoms with E-state index in [1.807, 2.05) is 18.7 Å². The summed E-state index contributed by atoms with van der Waals surface area (Å²) >= 11 is 0. The molecule has 0 aromatic heterocycles. The maximum atomic E-state index is 13.3. The smallest absolute Gasteiger partial charge is 0.236 e. The van der Waals surface area contributed by atoms with Crippen molar-refractivity contribution in [2.75, 3.05) is 72.1 Å². The van der Waals surface area contributed by atoms with Gasteiger partial charge in [0, 0.05) is 51.9 Å². The summed E-state index contributed by atoms with van der Waals surface area (Å²) < 4.78 is 24.4. The van der Waals surface area contributed by atoms with Crippen LogP contribution in [0.2, 0.25) is 0 Å². The van der Waals surface area contributed by atoms with Crippen molar-refractivity contribution in [3.63, 3.8) is 0 Å². The summed E-state index contributed by atoms with van der Waals surface area (Å²) in [6.07, 6.45) is -0.178. The van der Waals surface area contributed by atoms with Crippen LogP contribution >= 0.6 is 24.0 Å². The second kappa shape index (κ2) is 13.8. The summed E-state index contributed by atoms with van der Waals surface area (Å²) in [7, 11) is 0. The standard InChI is InChI=1S/C22H34FN5O3.HI/c1-3-24-22(25-16-18(2)31-20-6-4-5-19(23)15-20)28-9-7-26(8-10-28)17-21(29)27-11-13-30-14-12-27;/h4-6,15,18H,3,7-14,16-17H2,1-2H3,(H,24,25);1H. The van der Waals surface area contributed by atoms with Gasteiger partial charge in [-0.15, -0.1) is 24.0 Å². The molecule has 2 fully saturated rings. The number of aliphatic imine (C=N–C) groups is 1. The fourth-order valence-electron chi connectivity index (χ4n) is 3.67. The van der Waals surface area contributed by atoms with Gasteiger partial charge < -0.3 is 24.6 Å². The van der Waals surface area contributed by atoms with Gasteiger partial charge >= 0.3 is 0 Å². The minimum absolute atomic E-state index is 0. The zero-order valence-corrected chi connectivity index (χ0v) is 21.3. The van der Waals surface area contributed by atoms with E-state index in [1.165, 1.54) is 12.1 Å². The molecule has 32 heavy (non-hydrogen) atoms. The van der Waals surface area contributed by atoms with Gasteiger partial charge in [0.1, 0.15) is 17.7 Å². The van der Waals surface area contributed by atoms with Crippen LogP contribution in [-0.2, 0) is 9.53 Å². The van der Waals surface area contributed by atoms with Crippen molar-refractivity contribution in [2.24, 2.45) is 4.99 Å². The van der Waals surface area contributed by atoms with E-state index in [2.05, 4.69) is 15.1 Å². The maximum Gasteiger partial charge on any atom is 0.236 e. The molecule has 180 valence electrons. The number of amides is 1. The zero-order valence-electron chi connectivity index (χ0n) is 19.0. The molecule has 2 aliphatic heterocycles. The molecule has 0 aliphatic carbocycles. The molecule has 1 aromatic carbocycles. The van der Waals surface area contributed by atoms with E-state index in [0.717, 1.165) is 38.7 Å². The SMILES string of the molecule is CCNC(=NCC(C)Oc1cccc(F)c1)N1CCN(CC(=O)N2CCOCC2)CC1.I. The Bertz CT molecular complexity index is 740. The molecular formula is C22H35FIN5O3. The first kappa shape index (κ1) is 26.6. The fraction of sp³-hybridized carbons (Fsp3) is 0.636. The number of ether oxygens (including phenoxy) is 2. The number of carbonyl (C=O) groups excluding carboxylic acids is 1. The summed E-state index contributed by atoms with van der Waals surface area (Å²) in [5.74, 6) is 1.22. The Morgan fingerprint density at radius 1 is 1.19 bits per heavy atom. The van der Waals surface area contributed by atoms with E-state index >= 15 is 0 Å². The Morgan fingerprint density at radius 3 is 2.56 bits per heavy atom. The summed E-state index contributed by atoms with van der Waals surface area (Å²) in [4.78, 5) is 23.5. The Kier molecular flexibility index (Phi) is 11.5. The van der Waals surface area contributed by atoms with Gasteiger partial charge in [0.05, 0.1) is 26.3 Å². The number of rotatable bonds is 7. The van der Waals surface area contributed by atoms with Crippen LogP contribution in [0.5, 0.6) is 5.75 Å². The molecule has 0 saturated carbocycles. The van der Waals surface area contributed by atoms with Gasteiger partial charge in [-0.3, -0.25) is 9.69 Å². The number of nitrogens with one attached hydrogen (secondary N) is 1. The molecule has 2 saturated heterocycles. The van der Waals surface area contributed by atoms with Crippen LogP contribution in [0.15, 0.2) is 29.3 Å². The molecule has 10 heteroatoms. The van der Waals surface area contributed by atoms with E-state index in [1.54, 1.807) is 12.1 Å². The molecule has 0 spiro atoms. The molecule has 2 heterocycles. The summed E-state index contributed by atoms with van der Waals surface area (Å²) in [5.41, 5.74) is 0. The lowest BCUT2D eigenvalue weighted by Crippen LogP contribution is -2.55. The number of hydrogen-bond acceptors (Lipinski definition) is 5. The van der Waals surface area contributed by atoms with E-state index in [-0.39, 0.29) is 41.8 Å². The third kappa shape index (κ3) is 8.36. The fourth-order valence-corrected chi connectivity index (χ4v) is 3.67. The minimum atomic E-state index is -0.313. The lowest BCUT2D eigenvalue weighted by molar-refractivity contribution is -0.136. The molecular weight excluding hydrogens is 528 g/mol. The van der Waals surface area contributed by atoms with Gasteiger partial charge in [-0.1, -0.05) is 6.07 Å². The molecule has 1 N–H and O–H groups in total. The molecule has 1 amide bonds. The van der Waals surface area contributed by atoms with Gasteiger partial charge in [-0.25, -0.2) is 9.38 Å². The highest BCUT2D eigenvalue weighted by molar-refractivity contribution is 14.0. The van der Waals surface area contributed by atoms with Crippen LogP contribution in [0.1, 0.15) is 13.8 Å². The van der Waals surface area contributed by atoms with E-state index in [4.69, 9.17) is 14.5 Å². The Morgan fingerprint density at radius 2 is 1.91 bits per heavy atom. The molecule has 0 radical (unpaired) electrons. The molecule has 2 aliphatic rings. The number of benzene rings is 1. The highest BCUT2D eigenvalue weighted by Crippen LogP contribution is 2.14. The second-order valence-electron chi connectivity index (χ2n) is 7.84. The summed E-state index contributed by atoms with van der Waals surface area (Å²) in [6.45, 7) is 11.5.